The summed E-state index contributed by atoms with van der Waals surface area (Å²) in [6.45, 7) is 6.80. The summed E-state index contributed by atoms with van der Waals surface area (Å²) >= 11 is 0. The molecule has 1 N–H and O–H groups in total. The van der Waals surface area contributed by atoms with Crippen molar-refractivity contribution in [3.05, 3.63) is 48.5 Å². The molecule has 0 amide bonds. The Kier molecular flexibility index (Phi) is 9.92. The van der Waals surface area contributed by atoms with Crippen LogP contribution in [0.1, 0.15) is 65.7 Å². The molecule has 0 saturated heterocycles. The van der Waals surface area contributed by atoms with Crippen molar-refractivity contribution in [1.29, 1.82) is 0 Å². The van der Waals surface area contributed by atoms with Crippen LogP contribution in [0.2, 0.25) is 0 Å². The molecule has 2 aromatic carbocycles. The molecule has 0 bridgehead atoms. The van der Waals surface area contributed by atoms with Gasteiger partial charge in [0.2, 0.25) is 0 Å². The molecule has 0 heterocycles. The molecular formula is C25H36O3. The van der Waals surface area contributed by atoms with Gasteiger partial charge in [0.15, 0.2) is 0 Å². The lowest BCUT2D eigenvalue weighted by Gasteiger charge is -2.16. The molecule has 2 aromatic rings. The van der Waals surface area contributed by atoms with E-state index >= 15 is 0 Å². The Hall–Kier alpha value is -2.00. The van der Waals surface area contributed by atoms with E-state index in [1.165, 1.54) is 32.1 Å². The molecule has 0 aromatic heterocycles. The minimum Gasteiger partial charge on any atom is -0.494 e. The van der Waals surface area contributed by atoms with Crippen molar-refractivity contribution in [2.75, 3.05) is 6.61 Å². The number of aliphatic hydroxyl groups is 1. The second-order valence-corrected chi connectivity index (χ2v) is 7.68. The molecule has 0 aliphatic heterocycles. The Balaban J connectivity index is 1.78. The smallest absolute Gasteiger partial charge is 0.119 e. The predicted molar refractivity (Wildman–Crippen MR) is 117 cm³/mol. The van der Waals surface area contributed by atoms with Gasteiger partial charge in [-0.3, -0.25) is 0 Å². The van der Waals surface area contributed by atoms with E-state index in [2.05, 4.69) is 31.2 Å². The minimum atomic E-state index is -0.351. The first-order valence-corrected chi connectivity index (χ1v) is 10.8. The van der Waals surface area contributed by atoms with Crippen molar-refractivity contribution in [2.45, 2.75) is 77.9 Å². The van der Waals surface area contributed by atoms with E-state index in [9.17, 15) is 5.11 Å². The number of aliphatic hydroxyl groups excluding tert-OH is 1. The molecule has 0 aliphatic rings. The molecule has 0 unspecified atom stereocenters. The third kappa shape index (κ3) is 8.35. The van der Waals surface area contributed by atoms with Gasteiger partial charge in [0, 0.05) is 6.42 Å². The molecule has 154 valence electrons. The van der Waals surface area contributed by atoms with Crippen LogP contribution >= 0.6 is 0 Å². The zero-order valence-corrected chi connectivity index (χ0v) is 17.7. The summed E-state index contributed by atoms with van der Waals surface area (Å²) in [7, 11) is 0. The molecule has 28 heavy (non-hydrogen) atoms. The molecular weight excluding hydrogens is 348 g/mol. The van der Waals surface area contributed by atoms with E-state index in [0.717, 1.165) is 35.7 Å². The van der Waals surface area contributed by atoms with Crippen molar-refractivity contribution in [3.8, 4) is 22.6 Å². The maximum atomic E-state index is 9.44. The number of unbranched alkanes of at least 4 members (excludes halogenated alkanes) is 5. The van der Waals surface area contributed by atoms with Crippen molar-refractivity contribution in [2.24, 2.45) is 0 Å². The number of hydrogen-bond donors (Lipinski definition) is 1. The van der Waals surface area contributed by atoms with Gasteiger partial charge in [0.25, 0.3) is 0 Å². The van der Waals surface area contributed by atoms with Crippen LogP contribution in [0.5, 0.6) is 11.5 Å². The van der Waals surface area contributed by atoms with Crippen LogP contribution in [0.15, 0.2) is 48.5 Å². The van der Waals surface area contributed by atoms with Crippen LogP contribution < -0.4 is 9.47 Å². The molecule has 3 heteroatoms. The molecule has 0 saturated carbocycles. The summed E-state index contributed by atoms with van der Waals surface area (Å²) in [4.78, 5) is 0. The molecule has 0 fully saturated rings. The first-order valence-electron chi connectivity index (χ1n) is 10.8. The Bertz CT molecular complexity index is 646. The first kappa shape index (κ1) is 22.3. The summed E-state index contributed by atoms with van der Waals surface area (Å²) in [5.41, 5.74) is 2.31. The molecule has 2 atom stereocenters. The normalized spacial score (nSPS) is 13.1. The van der Waals surface area contributed by atoms with Gasteiger partial charge in [0.05, 0.1) is 18.8 Å². The van der Waals surface area contributed by atoms with E-state index in [1.54, 1.807) is 6.92 Å². The monoisotopic (exact) mass is 384 g/mol. The highest BCUT2D eigenvalue weighted by Gasteiger charge is 2.08. The van der Waals surface area contributed by atoms with Gasteiger partial charge in [0.1, 0.15) is 11.5 Å². The number of rotatable bonds is 13. The lowest BCUT2D eigenvalue weighted by atomic mass is 10.1. The van der Waals surface area contributed by atoms with Crippen LogP contribution in [-0.4, -0.2) is 23.9 Å². The lowest BCUT2D eigenvalue weighted by molar-refractivity contribution is 0.115. The summed E-state index contributed by atoms with van der Waals surface area (Å²) in [5.74, 6) is 1.76. The Morgan fingerprint density at radius 3 is 1.86 bits per heavy atom. The Morgan fingerprint density at radius 2 is 1.29 bits per heavy atom. The van der Waals surface area contributed by atoms with Gasteiger partial charge in [-0.05, 0) is 55.7 Å². The SMILES string of the molecule is CCCCCCCCOc1ccc(-c2ccc(O[C@@H](C)C[C@@H](C)O)cc2)cc1. The molecule has 0 aliphatic carbocycles. The van der Waals surface area contributed by atoms with Gasteiger partial charge < -0.3 is 14.6 Å². The highest BCUT2D eigenvalue weighted by molar-refractivity contribution is 5.64. The van der Waals surface area contributed by atoms with E-state index < -0.39 is 0 Å². The van der Waals surface area contributed by atoms with Gasteiger partial charge >= 0.3 is 0 Å². The minimum absolute atomic E-state index is 0.00562. The second-order valence-electron chi connectivity index (χ2n) is 7.68. The maximum absolute atomic E-state index is 9.44. The van der Waals surface area contributed by atoms with Crippen molar-refractivity contribution < 1.29 is 14.6 Å². The maximum Gasteiger partial charge on any atom is 0.119 e. The van der Waals surface area contributed by atoms with E-state index in [0.29, 0.717) is 6.42 Å². The van der Waals surface area contributed by atoms with Crippen LogP contribution in [0.3, 0.4) is 0 Å². The van der Waals surface area contributed by atoms with Gasteiger partial charge in [-0.1, -0.05) is 63.3 Å². The van der Waals surface area contributed by atoms with Crippen molar-refractivity contribution in [1.82, 2.24) is 0 Å². The first-order chi connectivity index (χ1) is 13.6. The average Bonchev–Trinajstić information content (AvgIpc) is 2.68. The van der Waals surface area contributed by atoms with Crippen LogP contribution in [0.25, 0.3) is 11.1 Å². The predicted octanol–water partition coefficient (Wildman–Crippen LogP) is 6.63. The largest absolute Gasteiger partial charge is 0.494 e. The highest BCUT2D eigenvalue weighted by Crippen LogP contribution is 2.25. The van der Waals surface area contributed by atoms with Crippen LogP contribution in [0, 0.1) is 0 Å². The summed E-state index contributed by atoms with van der Waals surface area (Å²) < 4.78 is 11.7. The summed E-state index contributed by atoms with van der Waals surface area (Å²) in [6, 6.07) is 16.4. The van der Waals surface area contributed by atoms with Crippen molar-refractivity contribution >= 4 is 0 Å². The van der Waals surface area contributed by atoms with E-state index in [4.69, 9.17) is 9.47 Å². The third-order valence-corrected chi connectivity index (χ3v) is 4.82. The second kappa shape index (κ2) is 12.5. The number of ether oxygens (including phenoxy) is 2. The van der Waals surface area contributed by atoms with Crippen molar-refractivity contribution in [3.63, 3.8) is 0 Å². The van der Waals surface area contributed by atoms with Gasteiger partial charge in [-0.2, -0.15) is 0 Å². The summed E-state index contributed by atoms with van der Waals surface area (Å²) in [6.07, 6.45) is 7.94. The fourth-order valence-electron chi connectivity index (χ4n) is 3.30. The number of hydrogen-bond acceptors (Lipinski definition) is 3. The average molecular weight is 385 g/mol. The standard InChI is InChI=1S/C25H36O3/c1-4-5-6-7-8-9-18-27-24-14-10-22(11-15-24)23-12-16-25(17-13-23)28-21(3)19-20(2)26/h10-17,20-21,26H,4-9,18-19H2,1-3H3/t20-,21+/m1/s1. The fourth-order valence-corrected chi connectivity index (χ4v) is 3.30. The van der Waals surface area contributed by atoms with Gasteiger partial charge in [-0.25, -0.2) is 0 Å². The highest BCUT2D eigenvalue weighted by atomic mass is 16.5. The lowest BCUT2D eigenvalue weighted by Crippen LogP contribution is -2.18. The quantitative estimate of drug-likeness (QED) is 0.394. The molecule has 0 radical (unpaired) electrons. The molecule has 3 nitrogen and oxygen atoms in total. The third-order valence-electron chi connectivity index (χ3n) is 4.82. The van der Waals surface area contributed by atoms with E-state index in [1.807, 2.05) is 31.2 Å². The zero-order chi connectivity index (χ0) is 20.2. The molecule has 2 rings (SSSR count). The fraction of sp³-hybridized carbons (Fsp3) is 0.520. The number of benzene rings is 2. The van der Waals surface area contributed by atoms with Crippen LogP contribution in [-0.2, 0) is 0 Å². The zero-order valence-electron chi connectivity index (χ0n) is 17.7. The molecule has 0 spiro atoms. The Morgan fingerprint density at radius 1 is 0.750 bits per heavy atom. The summed E-state index contributed by atoms with van der Waals surface area (Å²) in [5, 5.41) is 9.44. The van der Waals surface area contributed by atoms with Crippen LogP contribution in [0.4, 0.5) is 0 Å². The van der Waals surface area contributed by atoms with Gasteiger partial charge in [-0.15, -0.1) is 0 Å². The Labute approximate surface area is 170 Å². The van der Waals surface area contributed by atoms with E-state index in [-0.39, 0.29) is 12.2 Å². The topological polar surface area (TPSA) is 38.7 Å².